The summed E-state index contributed by atoms with van der Waals surface area (Å²) in [5.41, 5.74) is 2.27. The minimum absolute atomic E-state index is 0.0659. The zero-order valence-corrected chi connectivity index (χ0v) is 31.0. The van der Waals surface area contributed by atoms with Gasteiger partial charge < -0.3 is 28.8 Å². The number of hydrogen-bond donors (Lipinski definition) is 2. The van der Waals surface area contributed by atoms with Crippen LogP contribution in [0.25, 0.3) is 0 Å². The molecular weight excluding hydrogens is 568 g/mol. The number of aliphatic hydroxyl groups is 2. The van der Waals surface area contributed by atoms with Crippen molar-refractivity contribution in [2.45, 2.75) is 149 Å². The Morgan fingerprint density at radius 1 is 1.02 bits per heavy atom. The van der Waals surface area contributed by atoms with E-state index in [4.69, 9.17) is 18.6 Å². The molecule has 3 saturated carbocycles. The average molecular weight is 635 g/mol. The lowest BCUT2D eigenvalue weighted by molar-refractivity contribution is -0.152. The van der Waals surface area contributed by atoms with Crippen molar-refractivity contribution in [3.05, 3.63) is 23.3 Å². The van der Waals surface area contributed by atoms with Crippen molar-refractivity contribution in [3.63, 3.8) is 0 Å². The average Bonchev–Trinajstić information content (AvgIpc) is 3.26. The van der Waals surface area contributed by atoms with Crippen molar-refractivity contribution in [2.75, 3.05) is 27.1 Å². The van der Waals surface area contributed by atoms with E-state index in [1.807, 2.05) is 0 Å². The molecule has 2 N–H and O–H groups in total. The second-order valence-electron chi connectivity index (χ2n) is 17.4. The monoisotopic (exact) mass is 634 g/mol. The molecule has 0 aliphatic heterocycles. The predicted octanol–water partition coefficient (Wildman–Crippen LogP) is 8.04. The summed E-state index contributed by atoms with van der Waals surface area (Å²) >= 11 is 0. The van der Waals surface area contributed by atoms with Gasteiger partial charge in [0.25, 0.3) is 0 Å². The Morgan fingerprint density at radius 2 is 1.73 bits per heavy atom. The van der Waals surface area contributed by atoms with Crippen LogP contribution in [0.5, 0.6) is 0 Å². The van der Waals surface area contributed by atoms with Gasteiger partial charge >= 0.3 is 0 Å². The van der Waals surface area contributed by atoms with E-state index in [1.54, 1.807) is 32.1 Å². The second-order valence-corrected chi connectivity index (χ2v) is 22.1. The Bertz CT molecular complexity index is 1040. The maximum atomic E-state index is 10.6. The first kappa shape index (κ1) is 36.3. The molecule has 4 aliphatic rings. The molecule has 7 heteroatoms. The van der Waals surface area contributed by atoms with Crippen LogP contribution in [0.2, 0.25) is 18.1 Å². The SMILES string of the molecule is COCCOCO[C@@H]1C[C@]2(C)[C@@H]([C@H](C)CC[C@@H](O)C(C)(C)O)CC[C@H]2C2=CC=C3C[C@@H](O[Si](C)(C)C(C)(C)C)CC[C@]3(C)[C@H]21. The molecule has 0 aromatic carbocycles. The summed E-state index contributed by atoms with van der Waals surface area (Å²) in [6.07, 6.45) is 12.9. The molecule has 0 amide bonds. The van der Waals surface area contributed by atoms with Gasteiger partial charge in [-0.2, -0.15) is 0 Å². The Labute approximate surface area is 270 Å². The van der Waals surface area contributed by atoms with E-state index < -0.39 is 20.0 Å². The van der Waals surface area contributed by atoms with E-state index in [0.717, 1.165) is 32.1 Å². The molecule has 9 atom stereocenters. The Morgan fingerprint density at radius 3 is 2.36 bits per heavy atom. The molecule has 4 aliphatic carbocycles. The van der Waals surface area contributed by atoms with E-state index in [9.17, 15) is 10.2 Å². The van der Waals surface area contributed by atoms with Gasteiger partial charge in [-0.05, 0) is 112 Å². The summed E-state index contributed by atoms with van der Waals surface area (Å²) in [5.74, 6) is 1.91. The zero-order chi connectivity index (χ0) is 32.7. The third kappa shape index (κ3) is 7.29. The van der Waals surface area contributed by atoms with Crippen molar-refractivity contribution in [1.29, 1.82) is 0 Å². The van der Waals surface area contributed by atoms with Crippen LogP contribution in [0.3, 0.4) is 0 Å². The van der Waals surface area contributed by atoms with Gasteiger partial charge in [-0.1, -0.05) is 64.8 Å². The van der Waals surface area contributed by atoms with Crippen LogP contribution in [0.4, 0.5) is 0 Å². The quantitative estimate of drug-likeness (QED) is 0.121. The third-order valence-corrected chi connectivity index (χ3v) is 17.5. The lowest BCUT2D eigenvalue weighted by Crippen LogP contribution is -2.54. The topological polar surface area (TPSA) is 77.4 Å². The summed E-state index contributed by atoms with van der Waals surface area (Å²) in [4.78, 5) is 0. The van der Waals surface area contributed by atoms with Gasteiger partial charge in [-0.25, -0.2) is 0 Å². The standard InChI is InChI=1S/C37H66O6Si/c1-25(12-17-32(38)35(5,6)39)29-15-16-30-28-14-13-26-22-27(43-44(10,11)34(2,3)4)18-19-36(26,7)33(28)31(23-37(29,30)8)42-24-41-21-20-40-9/h13-14,25,27,29-33,38-39H,12,15-24H2,1-11H3/t25-,27+,29-,30+,31-,32-,33-,36+,37-/m1/s1. The van der Waals surface area contributed by atoms with Crippen LogP contribution in [-0.4, -0.2) is 69.6 Å². The first-order chi connectivity index (χ1) is 20.3. The third-order valence-electron chi connectivity index (χ3n) is 13.0. The van der Waals surface area contributed by atoms with Crippen LogP contribution in [0.15, 0.2) is 23.3 Å². The molecule has 6 nitrogen and oxygen atoms in total. The van der Waals surface area contributed by atoms with Crippen molar-refractivity contribution < 1.29 is 28.8 Å². The van der Waals surface area contributed by atoms with E-state index in [0.29, 0.717) is 56.2 Å². The maximum absolute atomic E-state index is 10.6. The van der Waals surface area contributed by atoms with Crippen LogP contribution in [0, 0.1) is 34.5 Å². The van der Waals surface area contributed by atoms with Crippen LogP contribution in [-0.2, 0) is 18.6 Å². The van der Waals surface area contributed by atoms with Crippen molar-refractivity contribution in [2.24, 2.45) is 34.5 Å². The van der Waals surface area contributed by atoms with E-state index >= 15 is 0 Å². The smallest absolute Gasteiger partial charge is 0.192 e. The first-order valence-corrected chi connectivity index (χ1v) is 20.4. The number of methoxy groups -OCH3 is 1. The highest BCUT2D eigenvalue weighted by Gasteiger charge is 2.61. The molecule has 0 bridgehead atoms. The minimum Gasteiger partial charge on any atom is -0.414 e. The van der Waals surface area contributed by atoms with Crippen LogP contribution in [0.1, 0.15) is 107 Å². The van der Waals surface area contributed by atoms with Gasteiger partial charge in [-0.3, -0.25) is 0 Å². The highest BCUT2D eigenvalue weighted by molar-refractivity contribution is 6.74. The van der Waals surface area contributed by atoms with Gasteiger partial charge in [0, 0.05) is 19.1 Å². The van der Waals surface area contributed by atoms with Crippen LogP contribution < -0.4 is 0 Å². The van der Waals surface area contributed by atoms with Crippen molar-refractivity contribution in [3.8, 4) is 0 Å². The second kappa shape index (κ2) is 13.5. The van der Waals surface area contributed by atoms with Crippen molar-refractivity contribution >= 4 is 8.32 Å². The molecule has 254 valence electrons. The fourth-order valence-corrected chi connectivity index (χ4v) is 10.6. The highest BCUT2D eigenvalue weighted by Crippen LogP contribution is 2.67. The molecule has 0 aromatic heterocycles. The lowest BCUT2D eigenvalue weighted by atomic mass is 9.49. The number of aliphatic hydroxyl groups excluding tert-OH is 1. The lowest BCUT2D eigenvalue weighted by Gasteiger charge is -2.58. The zero-order valence-electron chi connectivity index (χ0n) is 30.0. The summed E-state index contributed by atoms with van der Waals surface area (Å²) in [7, 11) is -0.143. The van der Waals surface area contributed by atoms with Gasteiger partial charge in [0.05, 0.1) is 31.0 Å². The largest absolute Gasteiger partial charge is 0.414 e. The molecule has 0 radical (unpaired) electrons. The Balaban J connectivity index is 1.59. The molecule has 0 heterocycles. The van der Waals surface area contributed by atoms with Crippen molar-refractivity contribution in [1.82, 2.24) is 0 Å². The summed E-state index contributed by atoms with van der Waals surface area (Å²) in [5, 5.41) is 21.1. The highest BCUT2D eigenvalue weighted by atomic mass is 28.4. The summed E-state index contributed by atoms with van der Waals surface area (Å²) in [6, 6.07) is 0. The molecule has 44 heavy (non-hydrogen) atoms. The number of hydrogen-bond acceptors (Lipinski definition) is 6. The van der Waals surface area contributed by atoms with Crippen LogP contribution >= 0.6 is 0 Å². The van der Waals surface area contributed by atoms with Gasteiger partial charge in [0.15, 0.2) is 8.32 Å². The van der Waals surface area contributed by atoms with E-state index in [-0.39, 0.29) is 22.0 Å². The summed E-state index contributed by atoms with van der Waals surface area (Å²) < 4.78 is 24.8. The van der Waals surface area contributed by atoms with Gasteiger partial charge in [0.2, 0.25) is 0 Å². The number of ether oxygens (including phenoxy) is 3. The molecule has 0 unspecified atom stereocenters. The molecule has 3 fully saturated rings. The number of fused-ring (bicyclic) bond motifs is 5. The fourth-order valence-electron chi connectivity index (χ4n) is 9.19. The number of rotatable bonds is 13. The predicted molar refractivity (Wildman–Crippen MR) is 181 cm³/mol. The minimum atomic E-state index is -1.84. The molecule has 0 saturated heterocycles. The number of allylic oxidation sites excluding steroid dienone is 2. The van der Waals surface area contributed by atoms with E-state index in [1.165, 1.54) is 12.8 Å². The normalized spacial score (nSPS) is 35.7. The van der Waals surface area contributed by atoms with Gasteiger partial charge in [-0.15, -0.1) is 0 Å². The Kier molecular flexibility index (Phi) is 11.2. The fraction of sp³-hybridized carbons (Fsp3) is 0.892. The van der Waals surface area contributed by atoms with E-state index in [2.05, 4.69) is 66.8 Å². The maximum Gasteiger partial charge on any atom is 0.192 e. The molecular formula is C37H66O6Si. The van der Waals surface area contributed by atoms with Gasteiger partial charge in [0.1, 0.15) is 6.79 Å². The summed E-state index contributed by atoms with van der Waals surface area (Å²) in [6.45, 7) is 24.0. The molecule has 0 spiro atoms. The Hall–Kier alpha value is -0.543. The molecule has 4 rings (SSSR count). The molecule has 0 aromatic rings. The first-order valence-electron chi connectivity index (χ1n) is 17.5.